The van der Waals surface area contributed by atoms with Gasteiger partial charge in [0.05, 0.1) is 19.2 Å². The highest BCUT2D eigenvalue weighted by molar-refractivity contribution is 5.76. The number of nitrogens with two attached hydrogens (primary N) is 1. The molecule has 1 atom stereocenters. The van der Waals surface area contributed by atoms with Gasteiger partial charge in [0.25, 0.3) is 0 Å². The zero-order valence-electron chi connectivity index (χ0n) is 7.80. The topological polar surface area (TPSA) is 85.4 Å². The van der Waals surface area contributed by atoms with E-state index in [2.05, 4.69) is 4.98 Å². The van der Waals surface area contributed by atoms with Gasteiger partial charge in [0.15, 0.2) is 0 Å². The third kappa shape index (κ3) is 2.20. The first-order valence-corrected chi connectivity index (χ1v) is 4.11. The number of pyridine rings is 1. The van der Waals surface area contributed by atoms with E-state index >= 15 is 0 Å². The quantitative estimate of drug-likeness (QED) is 0.719. The maximum atomic E-state index is 10.8. The van der Waals surface area contributed by atoms with E-state index in [1.165, 1.54) is 19.5 Å². The van der Waals surface area contributed by atoms with Crippen molar-refractivity contribution in [3.8, 4) is 5.75 Å². The van der Waals surface area contributed by atoms with Crippen LogP contribution in [0.4, 0.5) is 0 Å². The number of hydrogen-bond acceptors (Lipinski definition) is 4. The fourth-order valence-corrected chi connectivity index (χ4v) is 1.12. The summed E-state index contributed by atoms with van der Waals surface area (Å²) >= 11 is 0. The molecule has 0 fully saturated rings. The van der Waals surface area contributed by atoms with Crippen molar-refractivity contribution in [2.24, 2.45) is 5.73 Å². The van der Waals surface area contributed by atoms with E-state index in [4.69, 9.17) is 15.6 Å². The molecule has 0 aromatic carbocycles. The standard InChI is InChI=1S/C9H12N2O3/c1-14-7-2-6(4-11-5-7)8(3-10)9(12)13/h2,4-5,8H,3,10H2,1H3,(H,12,13). The van der Waals surface area contributed by atoms with E-state index in [1.807, 2.05) is 0 Å². The number of nitrogens with zero attached hydrogens (tertiary/aromatic N) is 1. The lowest BCUT2D eigenvalue weighted by molar-refractivity contribution is -0.138. The number of carboxylic acid groups (broad SMARTS) is 1. The van der Waals surface area contributed by atoms with Crippen LogP contribution in [0.2, 0.25) is 0 Å². The first-order chi connectivity index (χ1) is 6.69. The SMILES string of the molecule is COc1cncc(C(CN)C(=O)O)c1. The Hall–Kier alpha value is -1.62. The Morgan fingerprint density at radius 2 is 2.43 bits per heavy atom. The van der Waals surface area contributed by atoms with Gasteiger partial charge in [-0.1, -0.05) is 0 Å². The van der Waals surface area contributed by atoms with Gasteiger partial charge in [0.1, 0.15) is 5.75 Å². The molecule has 0 aliphatic rings. The molecule has 0 aliphatic heterocycles. The van der Waals surface area contributed by atoms with Gasteiger partial charge in [-0.2, -0.15) is 0 Å². The lowest BCUT2D eigenvalue weighted by Gasteiger charge is -2.10. The first-order valence-electron chi connectivity index (χ1n) is 4.11. The van der Waals surface area contributed by atoms with Gasteiger partial charge in [-0.25, -0.2) is 0 Å². The molecule has 1 unspecified atom stereocenters. The van der Waals surface area contributed by atoms with Gasteiger partial charge >= 0.3 is 5.97 Å². The molecule has 0 bridgehead atoms. The number of rotatable bonds is 4. The van der Waals surface area contributed by atoms with Crippen molar-refractivity contribution in [3.63, 3.8) is 0 Å². The predicted octanol–water partition coefficient (Wildman–Crippen LogP) is 0.217. The summed E-state index contributed by atoms with van der Waals surface area (Å²) in [5, 5.41) is 8.84. The van der Waals surface area contributed by atoms with E-state index in [9.17, 15) is 4.79 Å². The predicted molar refractivity (Wildman–Crippen MR) is 50.2 cm³/mol. The molecule has 1 heterocycles. The third-order valence-corrected chi connectivity index (χ3v) is 1.91. The lowest BCUT2D eigenvalue weighted by Crippen LogP contribution is -2.21. The molecule has 0 saturated heterocycles. The van der Waals surface area contributed by atoms with Crippen LogP contribution >= 0.6 is 0 Å². The molecule has 0 radical (unpaired) electrons. The Morgan fingerprint density at radius 1 is 1.71 bits per heavy atom. The van der Waals surface area contributed by atoms with Crippen molar-refractivity contribution in [2.75, 3.05) is 13.7 Å². The van der Waals surface area contributed by atoms with Crippen LogP contribution < -0.4 is 10.5 Å². The van der Waals surface area contributed by atoms with Gasteiger partial charge in [-0.15, -0.1) is 0 Å². The normalized spacial score (nSPS) is 12.1. The molecule has 76 valence electrons. The second-order valence-corrected chi connectivity index (χ2v) is 2.78. The molecule has 0 amide bonds. The average molecular weight is 196 g/mol. The summed E-state index contributed by atoms with van der Waals surface area (Å²) in [4.78, 5) is 14.6. The number of methoxy groups -OCH3 is 1. The molecule has 14 heavy (non-hydrogen) atoms. The summed E-state index contributed by atoms with van der Waals surface area (Å²) in [6.07, 6.45) is 2.99. The van der Waals surface area contributed by atoms with Crippen LogP contribution in [0, 0.1) is 0 Å². The minimum absolute atomic E-state index is 0.0458. The molecule has 5 nitrogen and oxygen atoms in total. The second kappa shape index (κ2) is 4.57. The Balaban J connectivity index is 2.98. The summed E-state index contributed by atoms with van der Waals surface area (Å²) in [5.74, 6) is -1.15. The highest BCUT2D eigenvalue weighted by atomic mass is 16.5. The van der Waals surface area contributed by atoms with E-state index in [0.717, 1.165) is 0 Å². The molecule has 1 aromatic heterocycles. The van der Waals surface area contributed by atoms with Crippen LogP contribution in [0.1, 0.15) is 11.5 Å². The number of aliphatic carboxylic acids is 1. The first kappa shape index (κ1) is 10.5. The Morgan fingerprint density at radius 3 is 2.93 bits per heavy atom. The number of carboxylic acids is 1. The van der Waals surface area contributed by atoms with Crippen molar-refractivity contribution in [1.29, 1.82) is 0 Å². The van der Waals surface area contributed by atoms with Crippen LogP contribution in [0.25, 0.3) is 0 Å². The number of aromatic nitrogens is 1. The number of hydrogen-bond donors (Lipinski definition) is 2. The number of ether oxygens (including phenoxy) is 1. The molecule has 0 aliphatic carbocycles. The maximum absolute atomic E-state index is 10.8. The Bertz CT molecular complexity index is 328. The molecule has 0 spiro atoms. The fourth-order valence-electron chi connectivity index (χ4n) is 1.12. The highest BCUT2D eigenvalue weighted by Crippen LogP contribution is 2.18. The minimum atomic E-state index is -0.956. The van der Waals surface area contributed by atoms with Crippen molar-refractivity contribution in [3.05, 3.63) is 24.0 Å². The summed E-state index contributed by atoms with van der Waals surface area (Å²) in [6, 6.07) is 1.62. The monoisotopic (exact) mass is 196 g/mol. The van der Waals surface area contributed by atoms with Crippen molar-refractivity contribution < 1.29 is 14.6 Å². The minimum Gasteiger partial charge on any atom is -0.495 e. The third-order valence-electron chi connectivity index (χ3n) is 1.91. The van der Waals surface area contributed by atoms with Crippen molar-refractivity contribution in [2.45, 2.75) is 5.92 Å². The zero-order chi connectivity index (χ0) is 10.6. The molecule has 5 heteroatoms. The molecule has 0 saturated carbocycles. The summed E-state index contributed by atoms with van der Waals surface area (Å²) in [5.41, 5.74) is 5.90. The van der Waals surface area contributed by atoms with Crippen molar-refractivity contribution >= 4 is 5.97 Å². The summed E-state index contributed by atoms with van der Waals surface area (Å²) in [7, 11) is 1.50. The van der Waals surface area contributed by atoms with Crippen LogP contribution in [0.5, 0.6) is 5.75 Å². The van der Waals surface area contributed by atoms with Gasteiger partial charge in [0, 0.05) is 12.7 Å². The Labute approximate surface area is 81.5 Å². The van der Waals surface area contributed by atoms with E-state index in [-0.39, 0.29) is 6.54 Å². The largest absolute Gasteiger partial charge is 0.495 e. The van der Waals surface area contributed by atoms with Gasteiger partial charge in [-0.3, -0.25) is 9.78 Å². The average Bonchev–Trinajstić information content (AvgIpc) is 2.19. The maximum Gasteiger partial charge on any atom is 0.312 e. The molecular formula is C9H12N2O3. The van der Waals surface area contributed by atoms with Crippen LogP contribution in [0.3, 0.4) is 0 Å². The van der Waals surface area contributed by atoms with Crippen LogP contribution in [-0.4, -0.2) is 29.7 Å². The number of carbonyl (C=O) groups is 1. The zero-order valence-corrected chi connectivity index (χ0v) is 7.80. The molecule has 1 aromatic rings. The smallest absolute Gasteiger partial charge is 0.312 e. The summed E-state index contributed by atoms with van der Waals surface area (Å²) < 4.78 is 4.93. The van der Waals surface area contributed by atoms with Gasteiger partial charge < -0.3 is 15.6 Å². The molecule has 3 N–H and O–H groups in total. The Kier molecular flexibility index (Phi) is 3.41. The summed E-state index contributed by atoms with van der Waals surface area (Å²) in [6.45, 7) is 0.0458. The van der Waals surface area contributed by atoms with E-state index in [1.54, 1.807) is 6.07 Å². The molecule has 1 rings (SSSR count). The van der Waals surface area contributed by atoms with Gasteiger partial charge in [0.2, 0.25) is 0 Å². The molecular weight excluding hydrogens is 184 g/mol. The van der Waals surface area contributed by atoms with Crippen LogP contribution in [0.15, 0.2) is 18.5 Å². The van der Waals surface area contributed by atoms with Gasteiger partial charge in [-0.05, 0) is 11.6 Å². The lowest BCUT2D eigenvalue weighted by atomic mass is 10.0. The van der Waals surface area contributed by atoms with E-state index in [0.29, 0.717) is 11.3 Å². The fraction of sp³-hybridized carbons (Fsp3) is 0.333. The highest BCUT2D eigenvalue weighted by Gasteiger charge is 2.18. The van der Waals surface area contributed by atoms with Crippen LogP contribution in [-0.2, 0) is 4.79 Å². The van der Waals surface area contributed by atoms with E-state index < -0.39 is 11.9 Å². The van der Waals surface area contributed by atoms with Crippen molar-refractivity contribution in [1.82, 2.24) is 4.98 Å². The second-order valence-electron chi connectivity index (χ2n) is 2.78.